The van der Waals surface area contributed by atoms with Crippen LogP contribution in [-0.4, -0.2) is 6.04 Å². The maximum atomic E-state index is 6.42. The first kappa shape index (κ1) is 16.0. The molecule has 0 aliphatic carbocycles. The molecule has 2 N–H and O–H groups in total. The van der Waals surface area contributed by atoms with Crippen molar-refractivity contribution in [3.8, 4) is 0 Å². The summed E-state index contributed by atoms with van der Waals surface area (Å²) in [5, 5.41) is 2.66. The molecule has 0 aliphatic rings. The summed E-state index contributed by atoms with van der Waals surface area (Å²) in [7, 11) is 0. The zero-order chi connectivity index (χ0) is 15.5. The van der Waals surface area contributed by atoms with Crippen LogP contribution in [0, 0.1) is 11.3 Å². The molecule has 2 aromatic carbocycles. The third-order valence-electron chi connectivity index (χ3n) is 4.03. The molecule has 0 amide bonds. The molecule has 1 heteroatoms. The molecule has 2 rings (SSSR count). The number of nitrogens with two attached hydrogens (primary N) is 1. The quantitative estimate of drug-likeness (QED) is 0.804. The van der Waals surface area contributed by atoms with Gasteiger partial charge in [-0.1, -0.05) is 70.2 Å². The van der Waals surface area contributed by atoms with E-state index < -0.39 is 0 Å². The van der Waals surface area contributed by atoms with Gasteiger partial charge in [0.25, 0.3) is 0 Å². The van der Waals surface area contributed by atoms with Crippen LogP contribution in [0.2, 0.25) is 0 Å². The molecule has 2 unspecified atom stereocenters. The number of hydrogen-bond acceptors (Lipinski definition) is 1. The molecule has 0 fully saturated rings. The highest BCUT2D eigenvalue weighted by atomic mass is 14.6. The third kappa shape index (κ3) is 4.86. The topological polar surface area (TPSA) is 26.0 Å². The molecule has 0 aliphatic heterocycles. The second-order valence-electron chi connectivity index (χ2n) is 7.71. The van der Waals surface area contributed by atoms with E-state index in [1.54, 1.807) is 0 Å². The van der Waals surface area contributed by atoms with Crippen molar-refractivity contribution in [1.29, 1.82) is 0 Å². The molecule has 2 aromatic rings. The Morgan fingerprint density at radius 2 is 1.67 bits per heavy atom. The van der Waals surface area contributed by atoms with E-state index in [2.05, 4.69) is 70.2 Å². The molecule has 0 heterocycles. The molecule has 0 spiro atoms. The summed E-state index contributed by atoms with van der Waals surface area (Å²) < 4.78 is 0. The van der Waals surface area contributed by atoms with Crippen LogP contribution in [0.5, 0.6) is 0 Å². The fourth-order valence-corrected chi connectivity index (χ4v) is 3.48. The Bertz CT molecular complexity index is 574. The van der Waals surface area contributed by atoms with Crippen LogP contribution in [0.1, 0.15) is 46.1 Å². The molecular weight excluding hydrogens is 254 g/mol. The summed E-state index contributed by atoms with van der Waals surface area (Å²) in [5.74, 6) is 0.676. The SMILES string of the molecule is CC(CC(N)Cc1cccc2ccccc12)CC(C)(C)C. The minimum absolute atomic E-state index is 0.244. The van der Waals surface area contributed by atoms with Gasteiger partial charge in [-0.3, -0.25) is 0 Å². The normalized spacial score (nSPS) is 15.1. The van der Waals surface area contributed by atoms with E-state index in [-0.39, 0.29) is 6.04 Å². The summed E-state index contributed by atoms with van der Waals surface area (Å²) in [5.41, 5.74) is 8.18. The van der Waals surface area contributed by atoms with Gasteiger partial charge in [-0.05, 0) is 46.9 Å². The highest BCUT2D eigenvalue weighted by molar-refractivity contribution is 5.85. The van der Waals surface area contributed by atoms with Gasteiger partial charge in [0, 0.05) is 6.04 Å². The predicted octanol–water partition coefficient (Wildman–Crippen LogP) is 5.17. The lowest BCUT2D eigenvalue weighted by Gasteiger charge is -2.25. The van der Waals surface area contributed by atoms with Crippen molar-refractivity contribution in [3.63, 3.8) is 0 Å². The van der Waals surface area contributed by atoms with Crippen molar-refractivity contribution in [1.82, 2.24) is 0 Å². The summed E-state index contributed by atoms with van der Waals surface area (Å²) in [6.07, 6.45) is 3.30. The van der Waals surface area contributed by atoms with Crippen molar-refractivity contribution >= 4 is 10.8 Å². The Morgan fingerprint density at radius 1 is 1.00 bits per heavy atom. The second kappa shape index (κ2) is 6.62. The maximum absolute atomic E-state index is 6.42. The van der Waals surface area contributed by atoms with Gasteiger partial charge in [-0.25, -0.2) is 0 Å². The van der Waals surface area contributed by atoms with Gasteiger partial charge in [-0.15, -0.1) is 0 Å². The van der Waals surface area contributed by atoms with E-state index in [0.29, 0.717) is 11.3 Å². The largest absolute Gasteiger partial charge is 0.327 e. The molecule has 0 radical (unpaired) electrons. The first-order chi connectivity index (χ1) is 9.85. The lowest BCUT2D eigenvalue weighted by atomic mass is 9.82. The van der Waals surface area contributed by atoms with E-state index >= 15 is 0 Å². The van der Waals surface area contributed by atoms with Gasteiger partial charge >= 0.3 is 0 Å². The Labute approximate surface area is 129 Å². The summed E-state index contributed by atoms with van der Waals surface area (Å²) >= 11 is 0. The van der Waals surface area contributed by atoms with Gasteiger partial charge in [0.2, 0.25) is 0 Å². The van der Waals surface area contributed by atoms with Crippen LogP contribution in [0.3, 0.4) is 0 Å². The number of rotatable bonds is 5. The van der Waals surface area contributed by atoms with Crippen LogP contribution in [0.4, 0.5) is 0 Å². The summed E-state index contributed by atoms with van der Waals surface area (Å²) in [6.45, 7) is 9.24. The number of hydrogen-bond donors (Lipinski definition) is 1. The first-order valence-electron chi connectivity index (χ1n) is 8.07. The number of benzene rings is 2. The highest BCUT2D eigenvalue weighted by Crippen LogP contribution is 2.27. The minimum Gasteiger partial charge on any atom is -0.327 e. The van der Waals surface area contributed by atoms with E-state index in [1.165, 1.54) is 22.8 Å². The molecule has 21 heavy (non-hydrogen) atoms. The van der Waals surface area contributed by atoms with Crippen LogP contribution in [-0.2, 0) is 6.42 Å². The van der Waals surface area contributed by atoms with Gasteiger partial charge in [0.05, 0.1) is 0 Å². The van der Waals surface area contributed by atoms with Crippen molar-refractivity contribution in [3.05, 3.63) is 48.0 Å². The zero-order valence-corrected chi connectivity index (χ0v) is 13.9. The van der Waals surface area contributed by atoms with E-state index in [9.17, 15) is 0 Å². The molecule has 0 saturated carbocycles. The molecule has 0 aromatic heterocycles. The summed E-state index contributed by atoms with van der Waals surface area (Å²) in [4.78, 5) is 0. The predicted molar refractivity (Wildman–Crippen MR) is 93.5 cm³/mol. The lowest BCUT2D eigenvalue weighted by Crippen LogP contribution is -2.27. The van der Waals surface area contributed by atoms with Crippen molar-refractivity contribution in [2.24, 2.45) is 17.1 Å². The monoisotopic (exact) mass is 283 g/mol. The van der Waals surface area contributed by atoms with Crippen molar-refractivity contribution < 1.29 is 0 Å². The molecule has 2 atom stereocenters. The van der Waals surface area contributed by atoms with E-state index in [1.807, 2.05) is 0 Å². The van der Waals surface area contributed by atoms with Crippen LogP contribution < -0.4 is 5.73 Å². The first-order valence-corrected chi connectivity index (χ1v) is 8.07. The van der Waals surface area contributed by atoms with Crippen LogP contribution in [0.15, 0.2) is 42.5 Å². The molecule has 1 nitrogen and oxygen atoms in total. The fraction of sp³-hybridized carbons (Fsp3) is 0.500. The van der Waals surface area contributed by atoms with E-state index in [4.69, 9.17) is 5.73 Å². The minimum atomic E-state index is 0.244. The zero-order valence-electron chi connectivity index (χ0n) is 13.9. The Morgan fingerprint density at radius 3 is 2.38 bits per heavy atom. The fourth-order valence-electron chi connectivity index (χ4n) is 3.48. The molecule has 114 valence electrons. The van der Waals surface area contributed by atoms with Gasteiger partial charge in [0.1, 0.15) is 0 Å². The Balaban J connectivity index is 2.03. The smallest absolute Gasteiger partial charge is 0.00820 e. The van der Waals surface area contributed by atoms with Crippen molar-refractivity contribution in [2.45, 2.75) is 53.0 Å². The van der Waals surface area contributed by atoms with Gasteiger partial charge in [0.15, 0.2) is 0 Å². The highest BCUT2D eigenvalue weighted by Gasteiger charge is 2.18. The average Bonchev–Trinajstić information content (AvgIpc) is 2.36. The Hall–Kier alpha value is -1.34. The van der Waals surface area contributed by atoms with Gasteiger partial charge in [-0.2, -0.15) is 0 Å². The average molecular weight is 283 g/mol. The maximum Gasteiger partial charge on any atom is 0.00820 e. The molecule has 0 saturated heterocycles. The third-order valence-corrected chi connectivity index (χ3v) is 4.03. The lowest BCUT2D eigenvalue weighted by molar-refractivity contribution is 0.285. The molecular formula is C20H29N. The van der Waals surface area contributed by atoms with Gasteiger partial charge < -0.3 is 5.73 Å². The standard InChI is InChI=1S/C20H29N/c1-15(14-20(2,3)4)12-18(21)13-17-10-7-9-16-8-5-6-11-19(16)17/h5-11,15,18H,12-14,21H2,1-4H3. The second-order valence-corrected chi connectivity index (χ2v) is 7.71. The van der Waals surface area contributed by atoms with Crippen LogP contribution >= 0.6 is 0 Å². The van der Waals surface area contributed by atoms with E-state index in [0.717, 1.165) is 12.8 Å². The molecule has 0 bridgehead atoms. The number of fused-ring (bicyclic) bond motifs is 1. The summed E-state index contributed by atoms with van der Waals surface area (Å²) in [6, 6.07) is 15.4. The van der Waals surface area contributed by atoms with Crippen molar-refractivity contribution in [2.75, 3.05) is 0 Å². The Kier molecular flexibility index (Phi) is 5.05. The van der Waals surface area contributed by atoms with Crippen LogP contribution in [0.25, 0.3) is 10.8 Å².